The molecule has 6 rings (SSSR count). The minimum Gasteiger partial charge on any atom is -0.496 e. The summed E-state index contributed by atoms with van der Waals surface area (Å²) in [5, 5.41) is 0. The van der Waals surface area contributed by atoms with E-state index in [1.165, 1.54) is 21.3 Å². The van der Waals surface area contributed by atoms with Gasteiger partial charge in [0, 0.05) is 23.8 Å². The second-order valence-corrected chi connectivity index (χ2v) is 11.1. The molecule has 4 aromatic rings. The first-order valence-corrected chi connectivity index (χ1v) is 15.4. The number of carbonyl (C=O) groups is 1. The summed E-state index contributed by atoms with van der Waals surface area (Å²) in [5.41, 5.74) is 2.83. The van der Waals surface area contributed by atoms with Gasteiger partial charge in [0.05, 0.1) is 73.9 Å². The number of carbonyl (C=O) groups excluding carboxylic acids is 1. The van der Waals surface area contributed by atoms with Crippen LogP contribution in [0.2, 0.25) is 0 Å². The zero-order valence-electron chi connectivity index (χ0n) is 28.6. The predicted octanol–water partition coefficient (Wildman–Crippen LogP) is 7.00. The molecular weight excluding hydrogens is 632 g/mol. The van der Waals surface area contributed by atoms with Crippen molar-refractivity contribution in [1.29, 1.82) is 0 Å². The van der Waals surface area contributed by atoms with E-state index in [9.17, 15) is 0 Å². The van der Waals surface area contributed by atoms with Gasteiger partial charge in [0.1, 0.15) is 52.3 Å². The van der Waals surface area contributed by atoms with Crippen LogP contribution in [0.1, 0.15) is 50.7 Å². The smallest absolute Gasteiger partial charge is 0.182 e. The maximum absolute atomic E-state index is 15.0. The van der Waals surface area contributed by atoms with E-state index >= 15 is 4.79 Å². The molecule has 4 aromatic carbocycles. The molecule has 2 aliphatic rings. The van der Waals surface area contributed by atoms with Crippen LogP contribution in [0.25, 0.3) is 6.08 Å². The Labute approximate surface area is 284 Å². The highest BCUT2D eigenvalue weighted by molar-refractivity contribution is 6.08. The highest BCUT2D eigenvalue weighted by atomic mass is 16.5. The average Bonchev–Trinajstić information content (AvgIpc) is 3.15. The number of benzene rings is 4. The van der Waals surface area contributed by atoms with Crippen LogP contribution in [0.3, 0.4) is 0 Å². The molecule has 0 radical (unpaired) electrons. The van der Waals surface area contributed by atoms with Gasteiger partial charge in [0.2, 0.25) is 0 Å². The average molecular weight is 671 g/mol. The van der Waals surface area contributed by atoms with E-state index < -0.39 is 18.1 Å². The van der Waals surface area contributed by atoms with Crippen molar-refractivity contribution in [2.24, 2.45) is 0 Å². The van der Waals surface area contributed by atoms with E-state index in [-0.39, 0.29) is 11.3 Å². The fraction of sp³-hybridized carbons (Fsp3) is 0.289. The number of hydrogen-bond donors (Lipinski definition) is 0. The third-order valence-corrected chi connectivity index (χ3v) is 8.77. The van der Waals surface area contributed by atoms with Gasteiger partial charge < -0.3 is 47.4 Å². The summed E-state index contributed by atoms with van der Waals surface area (Å²) in [4.78, 5) is 15.0. The lowest BCUT2D eigenvalue weighted by atomic mass is 9.78. The number of hydrogen-bond acceptors (Lipinski definition) is 11. The van der Waals surface area contributed by atoms with E-state index in [1.807, 2.05) is 36.4 Å². The Bertz CT molecular complexity index is 1910. The van der Waals surface area contributed by atoms with E-state index in [0.717, 1.165) is 5.56 Å². The summed E-state index contributed by atoms with van der Waals surface area (Å²) < 4.78 is 58.7. The van der Waals surface area contributed by atoms with Crippen molar-refractivity contribution in [3.8, 4) is 57.5 Å². The van der Waals surface area contributed by atoms with Gasteiger partial charge in [0.15, 0.2) is 28.8 Å². The zero-order valence-corrected chi connectivity index (χ0v) is 28.6. The van der Waals surface area contributed by atoms with Gasteiger partial charge >= 0.3 is 0 Å². The van der Waals surface area contributed by atoms with Gasteiger partial charge in [0.25, 0.3) is 0 Å². The maximum Gasteiger partial charge on any atom is 0.182 e. The number of ether oxygens (including phenoxy) is 10. The van der Waals surface area contributed by atoms with Crippen molar-refractivity contribution < 1.29 is 52.2 Å². The minimum absolute atomic E-state index is 0.263. The van der Waals surface area contributed by atoms with Gasteiger partial charge in [-0.1, -0.05) is 12.1 Å². The Balaban J connectivity index is 1.59. The second kappa shape index (κ2) is 13.8. The lowest BCUT2D eigenvalue weighted by Gasteiger charge is -2.36. The Morgan fingerprint density at radius 3 is 1.73 bits per heavy atom. The SMILES string of the molecule is COc1cc(OC)c2c(c1)O[C@H](c1ccc(OC)c(OC)c1)[C@@H](c1c(OC)cc(OC)c3c1O[C@H](c1ccc(OC)c(OC)c1)C=C3)C2=O. The Morgan fingerprint density at radius 1 is 0.551 bits per heavy atom. The molecule has 0 bridgehead atoms. The van der Waals surface area contributed by atoms with Crippen molar-refractivity contribution >= 4 is 11.9 Å². The number of fused-ring (bicyclic) bond motifs is 2. The first-order chi connectivity index (χ1) is 23.8. The lowest BCUT2D eigenvalue weighted by Crippen LogP contribution is -2.31. The van der Waals surface area contributed by atoms with Crippen LogP contribution in [-0.2, 0) is 0 Å². The third-order valence-electron chi connectivity index (χ3n) is 8.77. The normalized spacial score (nSPS) is 17.5. The number of Topliss-reactive ketones (excluding diaryl/α,β-unsaturated/α-hetero) is 1. The zero-order chi connectivity index (χ0) is 34.8. The molecular formula is C38H38O11. The molecule has 0 aromatic heterocycles. The molecule has 0 N–H and O–H groups in total. The van der Waals surface area contributed by atoms with Crippen LogP contribution < -0.4 is 47.4 Å². The lowest BCUT2D eigenvalue weighted by molar-refractivity contribution is 0.0763. The van der Waals surface area contributed by atoms with E-state index in [2.05, 4.69) is 0 Å². The first kappa shape index (κ1) is 33.2. The molecule has 0 aliphatic carbocycles. The Kier molecular flexibility index (Phi) is 9.35. The molecule has 0 saturated carbocycles. The molecule has 11 heteroatoms. The fourth-order valence-electron chi connectivity index (χ4n) is 6.37. The monoisotopic (exact) mass is 670 g/mol. The summed E-state index contributed by atoms with van der Waals surface area (Å²) in [7, 11) is 12.4. The van der Waals surface area contributed by atoms with Crippen molar-refractivity contribution in [2.45, 2.75) is 18.1 Å². The van der Waals surface area contributed by atoms with Gasteiger partial charge in [-0.05, 0) is 42.0 Å². The van der Waals surface area contributed by atoms with Crippen LogP contribution in [0.5, 0.6) is 57.5 Å². The van der Waals surface area contributed by atoms with Crippen molar-refractivity contribution in [1.82, 2.24) is 0 Å². The van der Waals surface area contributed by atoms with E-state index in [4.69, 9.17) is 47.4 Å². The minimum atomic E-state index is -0.986. The number of ketones is 1. The standard InChI is InChI=1S/C38H38O11/c1-40-22-17-30(46-7)33-32(18-22)49-37(21-10-13-26(42-3)29(16-21)45-6)35(36(33)39)34-31(47-8)19-27(43-4)23-11-14-24(48-38(23)34)20-9-12-25(41-2)28(15-20)44-5/h9-19,24,35,37H,1-8H3/t24-,35-,37+/m0/s1. The fourth-order valence-corrected chi connectivity index (χ4v) is 6.37. The highest BCUT2D eigenvalue weighted by Crippen LogP contribution is 2.56. The topological polar surface area (TPSA) is 109 Å². The van der Waals surface area contributed by atoms with E-state index in [0.29, 0.717) is 74.2 Å². The third kappa shape index (κ3) is 5.75. The van der Waals surface area contributed by atoms with Crippen LogP contribution in [0.15, 0.2) is 60.7 Å². The molecule has 0 saturated heterocycles. The molecule has 3 atom stereocenters. The molecule has 2 aliphatic heterocycles. The molecule has 256 valence electrons. The van der Waals surface area contributed by atoms with Gasteiger partial charge in [-0.3, -0.25) is 4.79 Å². The molecule has 0 amide bonds. The Morgan fingerprint density at radius 2 is 1.14 bits per heavy atom. The van der Waals surface area contributed by atoms with Crippen molar-refractivity contribution in [3.63, 3.8) is 0 Å². The summed E-state index contributed by atoms with van der Waals surface area (Å²) in [6.07, 6.45) is 2.39. The van der Waals surface area contributed by atoms with Gasteiger partial charge in [-0.25, -0.2) is 0 Å². The number of rotatable bonds is 11. The summed E-state index contributed by atoms with van der Waals surface area (Å²) in [6.45, 7) is 0. The molecule has 0 spiro atoms. The summed E-state index contributed by atoms with van der Waals surface area (Å²) in [6, 6.07) is 16.0. The van der Waals surface area contributed by atoms with Gasteiger partial charge in [-0.15, -0.1) is 0 Å². The quantitative estimate of drug-likeness (QED) is 0.165. The van der Waals surface area contributed by atoms with Crippen LogP contribution in [-0.4, -0.2) is 62.7 Å². The molecule has 0 fully saturated rings. The van der Waals surface area contributed by atoms with Gasteiger partial charge in [-0.2, -0.15) is 0 Å². The summed E-state index contributed by atoms with van der Waals surface area (Å²) in [5.74, 6) is 3.25. The molecule has 11 nitrogen and oxygen atoms in total. The van der Waals surface area contributed by atoms with Crippen molar-refractivity contribution in [2.75, 3.05) is 56.9 Å². The van der Waals surface area contributed by atoms with Crippen molar-refractivity contribution in [3.05, 3.63) is 88.5 Å². The van der Waals surface area contributed by atoms with Crippen LogP contribution in [0, 0.1) is 0 Å². The maximum atomic E-state index is 15.0. The predicted molar refractivity (Wildman–Crippen MR) is 181 cm³/mol. The first-order valence-electron chi connectivity index (χ1n) is 15.4. The molecule has 2 heterocycles. The summed E-state index contributed by atoms with van der Waals surface area (Å²) >= 11 is 0. The molecule has 49 heavy (non-hydrogen) atoms. The van der Waals surface area contributed by atoms with Crippen LogP contribution in [0.4, 0.5) is 0 Å². The largest absolute Gasteiger partial charge is 0.496 e. The Hall–Kier alpha value is -5.71. The molecule has 0 unspecified atom stereocenters. The second-order valence-electron chi connectivity index (χ2n) is 11.1. The van der Waals surface area contributed by atoms with Crippen LogP contribution >= 0.6 is 0 Å². The number of methoxy groups -OCH3 is 8. The highest BCUT2D eigenvalue weighted by Gasteiger charge is 2.46. The van der Waals surface area contributed by atoms with E-state index in [1.54, 1.807) is 65.9 Å².